The summed E-state index contributed by atoms with van der Waals surface area (Å²) in [5, 5.41) is 11.5. The minimum absolute atomic E-state index is 0.103. The van der Waals surface area contributed by atoms with E-state index in [1.54, 1.807) is 12.1 Å². The van der Waals surface area contributed by atoms with Crippen LogP contribution >= 0.6 is 0 Å². The van der Waals surface area contributed by atoms with E-state index in [0.717, 1.165) is 5.56 Å². The molecule has 0 amide bonds. The Labute approximate surface area is 114 Å². The molecular weight excluding hydrogens is 244 g/mol. The van der Waals surface area contributed by atoms with Gasteiger partial charge >= 0.3 is 0 Å². The molecule has 19 heavy (non-hydrogen) atoms. The molecular formula is C14H22N2O3. The van der Waals surface area contributed by atoms with Crippen LogP contribution in [0.4, 0.5) is 0 Å². The first-order valence-corrected chi connectivity index (χ1v) is 6.21. The zero-order valence-corrected chi connectivity index (χ0v) is 11.7. The number of oxime groups is 1. The monoisotopic (exact) mass is 266 g/mol. The maximum atomic E-state index is 8.55. The summed E-state index contributed by atoms with van der Waals surface area (Å²) in [6, 6.07) is 7.36. The summed E-state index contributed by atoms with van der Waals surface area (Å²) in [7, 11) is 0. The van der Waals surface area contributed by atoms with Crippen LogP contribution < -0.4 is 5.73 Å². The zero-order chi connectivity index (χ0) is 14.3. The molecule has 106 valence electrons. The molecule has 0 unspecified atom stereocenters. The Morgan fingerprint density at radius 2 is 1.84 bits per heavy atom. The van der Waals surface area contributed by atoms with E-state index >= 15 is 0 Å². The highest BCUT2D eigenvalue weighted by molar-refractivity contribution is 5.96. The van der Waals surface area contributed by atoms with Gasteiger partial charge < -0.3 is 20.4 Å². The molecule has 0 radical (unpaired) electrons. The molecule has 0 fully saturated rings. The van der Waals surface area contributed by atoms with Crippen LogP contribution in [0.3, 0.4) is 0 Å². The summed E-state index contributed by atoms with van der Waals surface area (Å²) in [5.41, 5.74) is 7.06. The van der Waals surface area contributed by atoms with Gasteiger partial charge in [-0.3, -0.25) is 0 Å². The molecule has 0 spiro atoms. The smallest absolute Gasteiger partial charge is 0.170 e. The molecule has 0 aromatic heterocycles. The molecule has 0 heterocycles. The Hall–Kier alpha value is -1.59. The minimum Gasteiger partial charge on any atom is -0.409 e. The van der Waals surface area contributed by atoms with Crippen molar-refractivity contribution >= 4 is 5.84 Å². The highest BCUT2D eigenvalue weighted by Crippen LogP contribution is 2.07. The van der Waals surface area contributed by atoms with Crippen LogP contribution in [0.25, 0.3) is 0 Å². The second-order valence-electron chi connectivity index (χ2n) is 5.20. The average molecular weight is 266 g/mol. The van der Waals surface area contributed by atoms with E-state index < -0.39 is 0 Å². The topological polar surface area (TPSA) is 77.1 Å². The second-order valence-corrected chi connectivity index (χ2v) is 5.20. The van der Waals surface area contributed by atoms with Gasteiger partial charge in [-0.1, -0.05) is 29.4 Å². The quantitative estimate of drug-likeness (QED) is 0.272. The van der Waals surface area contributed by atoms with Crippen molar-refractivity contribution in [1.29, 1.82) is 0 Å². The van der Waals surface area contributed by atoms with Crippen LogP contribution in [0.15, 0.2) is 29.4 Å². The van der Waals surface area contributed by atoms with Crippen molar-refractivity contribution < 1.29 is 14.7 Å². The van der Waals surface area contributed by atoms with Gasteiger partial charge in [-0.15, -0.1) is 0 Å². The lowest BCUT2D eigenvalue weighted by atomic mass is 10.1. The van der Waals surface area contributed by atoms with Crippen LogP contribution in [0.2, 0.25) is 0 Å². The fourth-order valence-corrected chi connectivity index (χ4v) is 1.43. The summed E-state index contributed by atoms with van der Waals surface area (Å²) in [4.78, 5) is 0. The molecule has 1 aromatic rings. The Morgan fingerprint density at radius 1 is 1.21 bits per heavy atom. The van der Waals surface area contributed by atoms with E-state index in [9.17, 15) is 0 Å². The fourth-order valence-electron chi connectivity index (χ4n) is 1.43. The molecule has 0 saturated heterocycles. The number of hydrogen-bond acceptors (Lipinski definition) is 4. The van der Waals surface area contributed by atoms with Crippen molar-refractivity contribution in [3.63, 3.8) is 0 Å². The van der Waals surface area contributed by atoms with Gasteiger partial charge in [-0.2, -0.15) is 0 Å². The summed E-state index contributed by atoms with van der Waals surface area (Å²) in [5.74, 6) is 0.103. The first kappa shape index (κ1) is 15.5. The molecule has 1 aromatic carbocycles. The number of amidine groups is 1. The number of nitrogens with zero attached hydrogens (tertiary/aromatic N) is 1. The standard InChI is InChI=1S/C14H22N2O3/c1-14(2,3)19-9-8-18-10-11-4-6-12(7-5-11)13(15)16-17/h4-7,17H,8-10H2,1-3H3,(H2,15,16). The third-order valence-electron chi connectivity index (χ3n) is 2.39. The molecule has 5 heteroatoms. The number of hydrogen-bond donors (Lipinski definition) is 2. The normalized spacial score (nSPS) is 12.7. The van der Waals surface area contributed by atoms with E-state index in [0.29, 0.717) is 25.4 Å². The maximum absolute atomic E-state index is 8.55. The highest BCUT2D eigenvalue weighted by atomic mass is 16.5. The Bertz CT molecular complexity index is 408. The molecule has 0 aliphatic heterocycles. The molecule has 3 N–H and O–H groups in total. The lowest BCUT2D eigenvalue weighted by Gasteiger charge is -2.19. The third kappa shape index (κ3) is 6.22. The van der Waals surface area contributed by atoms with E-state index in [1.807, 2.05) is 32.9 Å². The Kier molecular flexibility index (Phi) is 5.79. The summed E-state index contributed by atoms with van der Waals surface area (Å²) < 4.78 is 11.1. The maximum Gasteiger partial charge on any atom is 0.170 e. The van der Waals surface area contributed by atoms with Crippen molar-refractivity contribution in [2.75, 3.05) is 13.2 Å². The molecule has 5 nitrogen and oxygen atoms in total. The van der Waals surface area contributed by atoms with Gasteiger partial charge in [0, 0.05) is 5.56 Å². The van der Waals surface area contributed by atoms with Gasteiger partial charge in [0.15, 0.2) is 5.84 Å². The van der Waals surface area contributed by atoms with Crippen LogP contribution in [0.1, 0.15) is 31.9 Å². The molecule has 1 rings (SSSR count). The number of rotatable bonds is 6. The van der Waals surface area contributed by atoms with E-state index in [4.69, 9.17) is 20.4 Å². The van der Waals surface area contributed by atoms with Gasteiger partial charge in [-0.05, 0) is 26.3 Å². The zero-order valence-electron chi connectivity index (χ0n) is 11.7. The van der Waals surface area contributed by atoms with Crippen molar-refractivity contribution in [3.05, 3.63) is 35.4 Å². The number of nitrogens with two attached hydrogens (primary N) is 1. The first-order valence-electron chi connectivity index (χ1n) is 6.21. The minimum atomic E-state index is -0.133. The molecule has 0 bridgehead atoms. The van der Waals surface area contributed by atoms with Crippen LogP contribution in [-0.2, 0) is 16.1 Å². The van der Waals surface area contributed by atoms with Gasteiger partial charge in [0.05, 0.1) is 25.4 Å². The number of ether oxygens (including phenoxy) is 2. The van der Waals surface area contributed by atoms with Gasteiger partial charge in [0.1, 0.15) is 0 Å². The van der Waals surface area contributed by atoms with Gasteiger partial charge in [0.25, 0.3) is 0 Å². The number of benzene rings is 1. The SMILES string of the molecule is CC(C)(C)OCCOCc1ccc(/C(N)=N/O)cc1. The first-order chi connectivity index (χ1) is 8.92. The largest absolute Gasteiger partial charge is 0.409 e. The van der Waals surface area contributed by atoms with E-state index in [-0.39, 0.29) is 11.4 Å². The van der Waals surface area contributed by atoms with Crippen molar-refractivity contribution in [1.82, 2.24) is 0 Å². The molecule has 0 atom stereocenters. The summed E-state index contributed by atoms with van der Waals surface area (Å²) >= 11 is 0. The molecule has 0 aliphatic rings. The highest BCUT2D eigenvalue weighted by Gasteiger charge is 2.08. The second kappa shape index (κ2) is 7.11. The van der Waals surface area contributed by atoms with Crippen molar-refractivity contribution in [2.24, 2.45) is 10.9 Å². The van der Waals surface area contributed by atoms with Crippen LogP contribution in [-0.4, -0.2) is 29.9 Å². The summed E-state index contributed by atoms with van der Waals surface area (Å²) in [6.45, 7) is 7.69. The average Bonchev–Trinajstić information content (AvgIpc) is 2.37. The lowest BCUT2D eigenvalue weighted by Crippen LogP contribution is -2.21. The Morgan fingerprint density at radius 3 is 2.37 bits per heavy atom. The third-order valence-corrected chi connectivity index (χ3v) is 2.39. The predicted octanol–water partition coefficient (Wildman–Crippen LogP) is 2.11. The predicted molar refractivity (Wildman–Crippen MR) is 74.3 cm³/mol. The van der Waals surface area contributed by atoms with Crippen LogP contribution in [0.5, 0.6) is 0 Å². The Balaban J connectivity index is 2.31. The van der Waals surface area contributed by atoms with E-state index in [1.165, 1.54) is 0 Å². The van der Waals surface area contributed by atoms with Crippen molar-refractivity contribution in [2.45, 2.75) is 33.0 Å². The molecule has 0 saturated carbocycles. The van der Waals surface area contributed by atoms with Gasteiger partial charge in [0.2, 0.25) is 0 Å². The van der Waals surface area contributed by atoms with Gasteiger partial charge in [-0.25, -0.2) is 0 Å². The van der Waals surface area contributed by atoms with Crippen molar-refractivity contribution in [3.8, 4) is 0 Å². The van der Waals surface area contributed by atoms with Crippen LogP contribution in [0, 0.1) is 0 Å². The lowest BCUT2D eigenvalue weighted by molar-refractivity contribution is -0.0376. The summed E-state index contributed by atoms with van der Waals surface area (Å²) in [6.07, 6.45) is 0. The molecule has 0 aliphatic carbocycles. The fraction of sp³-hybridized carbons (Fsp3) is 0.500. The van der Waals surface area contributed by atoms with E-state index in [2.05, 4.69) is 5.16 Å².